The number of Topliss-reactive ketones (excluding diaryl/α,β-unsaturated/α-hetero) is 1. The molecule has 1 aromatic rings. The number of anilines is 1. The number of ether oxygens (including phenoxy) is 1. The molecule has 0 spiro atoms. The molecule has 6 heteroatoms. The number of carbonyl (C=O) groups excluding carboxylic acids is 3. The molecule has 0 radical (unpaired) electrons. The number of nitrogens with one attached hydrogen (secondary N) is 1. The molecule has 1 N–H and O–H groups in total. The minimum absolute atomic E-state index is 0.0156. The van der Waals surface area contributed by atoms with Crippen molar-refractivity contribution in [2.75, 3.05) is 18.4 Å². The monoisotopic (exact) mass is 346 g/mol. The van der Waals surface area contributed by atoms with E-state index in [1.807, 2.05) is 20.8 Å². The van der Waals surface area contributed by atoms with E-state index in [1.54, 1.807) is 29.2 Å². The predicted octanol–water partition coefficient (Wildman–Crippen LogP) is 3.47. The first kappa shape index (κ1) is 19.0. The third kappa shape index (κ3) is 5.59. The molecule has 136 valence electrons. The highest BCUT2D eigenvalue weighted by Crippen LogP contribution is 2.21. The van der Waals surface area contributed by atoms with E-state index in [-0.39, 0.29) is 23.7 Å². The largest absolute Gasteiger partial charge is 0.444 e. The molecular weight excluding hydrogens is 320 g/mol. The number of ketones is 1. The van der Waals surface area contributed by atoms with Crippen molar-refractivity contribution >= 4 is 23.5 Å². The fourth-order valence-electron chi connectivity index (χ4n) is 2.72. The summed E-state index contributed by atoms with van der Waals surface area (Å²) in [5.74, 6) is -0.407. The number of carbonyl (C=O) groups is 3. The molecule has 1 atom stereocenters. The highest BCUT2D eigenvalue weighted by Gasteiger charge is 2.31. The van der Waals surface area contributed by atoms with Crippen molar-refractivity contribution < 1.29 is 19.1 Å². The second-order valence-corrected chi connectivity index (χ2v) is 7.39. The lowest BCUT2D eigenvalue weighted by molar-refractivity contribution is -0.121. The second-order valence-electron chi connectivity index (χ2n) is 7.39. The Bertz CT molecular complexity index is 646. The summed E-state index contributed by atoms with van der Waals surface area (Å²) in [4.78, 5) is 37.5. The molecule has 1 saturated heterocycles. The molecule has 6 nitrogen and oxygen atoms in total. The summed E-state index contributed by atoms with van der Waals surface area (Å²) in [5.41, 5.74) is 0.696. The highest BCUT2D eigenvalue weighted by atomic mass is 16.6. The van der Waals surface area contributed by atoms with Crippen LogP contribution >= 0.6 is 0 Å². The van der Waals surface area contributed by atoms with Crippen molar-refractivity contribution in [1.82, 2.24) is 4.90 Å². The van der Waals surface area contributed by atoms with Gasteiger partial charge in [-0.2, -0.15) is 0 Å². The molecule has 1 aliphatic rings. The van der Waals surface area contributed by atoms with E-state index in [0.717, 1.165) is 12.8 Å². The van der Waals surface area contributed by atoms with Gasteiger partial charge in [0.1, 0.15) is 5.60 Å². The van der Waals surface area contributed by atoms with Gasteiger partial charge in [0.25, 0.3) is 0 Å². The van der Waals surface area contributed by atoms with Gasteiger partial charge in [0.2, 0.25) is 5.91 Å². The summed E-state index contributed by atoms with van der Waals surface area (Å²) in [6, 6.07) is 6.80. The SMILES string of the molecule is CC(=O)c1ccc(NC(=O)C2CCCN(C(=O)OC(C)(C)C)C2)cc1. The molecule has 25 heavy (non-hydrogen) atoms. The first-order valence-electron chi connectivity index (χ1n) is 8.55. The maximum absolute atomic E-state index is 12.5. The highest BCUT2D eigenvalue weighted by molar-refractivity contribution is 5.96. The predicted molar refractivity (Wildman–Crippen MR) is 95.6 cm³/mol. The topological polar surface area (TPSA) is 75.7 Å². The quantitative estimate of drug-likeness (QED) is 0.850. The average Bonchev–Trinajstić information content (AvgIpc) is 2.54. The minimum atomic E-state index is -0.551. The summed E-state index contributed by atoms with van der Waals surface area (Å²) >= 11 is 0. The summed E-state index contributed by atoms with van der Waals surface area (Å²) in [6.07, 6.45) is 1.12. The van der Waals surface area contributed by atoms with E-state index in [2.05, 4.69) is 5.32 Å². The summed E-state index contributed by atoms with van der Waals surface area (Å²) in [6.45, 7) is 7.93. The van der Waals surface area contributed by atoms with Crippen molar-refractivity contribution in [3.63, 3.8) is 0 Å². The first-order chi connectivity index (χ1) is 11.7. The van der Waals surface area contributed by atoms with E-state index in [9.17, 15) is 14.4 Å². The van der Waals surface area contributed by atoms with Gasteiger partial charge in [0.15, 0.2) is 5.78 Å². The van der Waals surface area contributed by atoms with Crippen LogP contribution in [0.4, 0.5) is 10.5 Å². The molecule has 0 aliphatic carbocycles. The normalized spacial score (nSPS) is 17.8. The minimum Gasteiger partial charge on any atom is -0.444 e. The Labute approximate surface area is 148 Å². The van der Waals surface area contributed by atoms with Gasteiger partial charge < -0.3 is 15.0 Å². The number of rotatable bonds is 3. The number of hydrogen-bond acceptors (Lipinski definition) is 4. The maximum atomic E-state index is 12.5. The number of piperidine rings is 1. The first-order valence-corrected chi connectivity index (χ1v) is 8.55. The van der Waals surface area contributed by atoms with E-state index < -0.39 is 5.60 Å². The lowest BCUT2D eigenvalue weighted by atomic mass is 9.97. The summed E-state index contributed by atoms with van der Waals surface area (Å²) in [5, 5.41) is 2.86. The Balaban J connectivity index is 1.95. The molecule has 1 aliphatic heterocycles. The lowest BCUT2D eigenvalue weighted by Gasteiger charge is -2.33. The van der Waals surface area contributed by atoms with Gasteiger partial charge in [-0.15, -0.1) is 0 Å². The third-order valence-corrected chi connectivity index (χ3v) is 4.00. The van der Waals surface area contributed by atoms with Gasteiger partial charge in [-0.25, -0.2) is 4.79 Å². The van der Waals surface area contributed by atoms with Gasteiger partial charge in [0, 0.05) is 24.3 Å². The van der Waals surface area contributed by atoms with Gasteiger partial charge in [-0.1, -0.05) is 0 Å². The van der Waals surface area contributed by atoms with Crippen LogP contribution in [0.1, 0.15) is 50.9 Å². The Hall–Kier alpha value is -2.37. The van der Waals surface area contributed by atoms with Gasteiger partial charge in [-0.3, -0.25) is 9.59 Å². The Kier molecular flexibility index (Phi) is 5.82. The number of benzene rings is 1. The number of likely N-dealkylation sites (tertiary alicyclic amines) is 1. The summed E-state index contributed by atoms with van der Waals surface area (Å²) in [7, 11) is 0. The molecule has 2 rings (SSSR count). The molecule has 0 bridgehead atoms. The molecule has 0 aromatic heterocycles. The number of hydrogen-bond donors (Lipinski definition) is 1. The van der Waals surface area contributed by atoms with Crippen molar-refractivity contribution in [2.45, 2.75) is 46.1 Å². The zero-order chi connectivity index (χ0) is 18.6. The molecule has 1 unspecified atom stereocenters. The molecule has 1 fully saturated rings. The van der Waals surface area contributed by atoms with E-state index in [0.29, 0.717) is 24.3 Å². The van der Waals surface area contributed by atoms with E-state index >= 15 is 0 Å². The molecule has 1 heterocycles. The lowest BCUT2D eigenvalue weighted by Crippen LogP contribution is -2.45. The zero-order valence-corrected chi connectivity index (χ0v) is 15.3. The summed E-state index contributed by atoms with van der Waals surface area (Å²) < 4.78 is 5.38. The van der Waals surface area contributed by atoms with Crippen LogP contribution in [-0.2, 0) is 9.53 Å². The average molecular weight is 346 g/mol. The van der Waals surface area contributed by atoms with Crippen LogP contribution in [0.3, 0.4) is 0 Å². The molecular formula is C19H26N2O4. The standard InChI is InChI=1S/C19H26N2O4/c1-13(22)14-7-9-16(10-8-14)20-17(23)15-6-5-11-21(12-15)18(24)25-19(2,3)4/h7-10,15H,5-6,11-12H2,1-4H3,(H,20,23). The van der Waals surface area contributed by atoms with Gasteiger partial charge in [0.05, 0.1) is 5.92 Å². The van der Waals surface area contributed by atoms with Crippen LogP contribution in [0.5, 0.6) is 0 Å². The molecule has 2 amide bonds. The van der Waals surface area contributed by atoms with Crippen molar-refractivity contribution in [1.29, 1.82) is 0 Å². The van der Waals surface area contributed by atoms with Crippen LogP contribution in [0.25, 0.3) is 0 Å². The third-order valence-electron chi connectivity index (χ3n) is 4.00. The van der Waals surface area contributed by atoms with Crippen LogP contribution in [-0.4, -0.2) is 41.4 Å². The number of amides is 2. The zero-order valence-electron chi connectivity index (χ0n) is 15.3. The fraction of sp³-hybridized carbons (Fsp3) is 0.526. The Morgan fingerprint density at radius 2 is 1.80 bits per heavy atom. The van der Waals surface area contributed by atoms with Gasteiger partial charge >= 0.3 is 6.09 Å². The Morgan fingerprint density at radius 3 is 2.36 bits per heavy atom. The van der Waals surface area contributed by atoms with Crippen molar-refractivity contribution in [3.8, 4) is 0 Å². The van der Waals surface area contributed by atoms with Crippen molar-refractivity contribution in [2.24, 2.45) is 5.92 Å². The fourth-order valence-corrected chi connectivity index (χ4v) is 2.72. The molecule has 0 saturated carbocycles. The smallest absolute Gasteiger partial charge is 0.410 e. The number of nitrogens with zero attached hydrogens (tertiary/aromatic N) is 1. The van der Waals surface area contributed by atoms with E-state index in [1.165, 1.54) is 6.92 Å². The maximum Gasteiger partial charge on any atom is 0.410 e. The molecule has 1 aromatic carbocycles. The van der Waals surface area contributed by atoms with Crippen LogP contribution in [0.15, 0.2) is 24.3 Å². The van der Waals surface area contributed by atoms with Crippen molar-refractivity contribution in [3.05, 3.63) is 29.8 Å². The van der Waals surface area contributed by atoms with Crippen LogP contribution < -0.4 is 5.32 Å². The van der Waals surface area contributed by atoms with Crippen LogP contribution in [0, 0.1) is 5.92 Å². The van der Waals surface area contributed by atoms with Gasteiger partial charge in [-0.05, 0) is 64.8 Å². The van der Waals surface area contributed by atoms with E-state index in [4.69, 9.17) is 4.74 Å². The Morgan fingerprint density at radius 1 is 1.16 bits per heavy atom. The van der Waals surface area contributed by atoms with Crippen LogP contribution in [0.2, 0.25) is 0 Å². The second kappa shape index (κ2) is 7.68.